The molecule has 0 aromatic heterocycles. The first-order valence-corrected chi connectivity index (χ1v) is 14.4. The first-order valence-electron chi connectivity index (χ1n) is 14.1. The Hall–Kier alpha value is -3.31. The van der Waals surface area contributed by atoms with Crippen LogP contribution in [0.1, 0.15) is 61.6 Å². The second-order valence-corrected chi connectivity index (χ2v) is 10.8. The third kappa shape index (κ3) is 8.86. The molecule has 0 saturated heterocycles. The molecule has 1 saturated carbocycles. The summed E-state index contributed by atoms with van der Waals surface area (Å²) in [6, 6.07) is 24.8. The summed E-state index contributed by atoms with van der Waals surface area (Å²) in [5.74, 6) is 0.611. The van der Waals surface area contributed by atoms with Gasteiger partial charge in [-0.05, 0) is 67.1 Å². The van der Waals surface area contributed by atoms with Crippen LogP contribution >= 0.6 is 11.6 Å². The average Bonchev–Trinajstić information content (AvgIpc) is 2.96. The summed E-state index contributed by atoms with van der Waals surface area (Å²) in [5, 5.41) is 3.95. The summed E-state index contributed by atoms with van der Waals surface area (Å²) in [7, 11) is 0. The number of carbonyl (C=O) groups excluding carboxylic acids is 2. The van der Waals surface area contributed by atoms with Crippen LogP contribution < -0.4 is 10.1 Å². The van der Waals surface area contributed by atoms with Crippen molar-refractivity contribution >= 4 is 23.4 Å². The van der Waals surface area contributed by atoms with E-state index in [4.69, 9.17) is 16.3 Å². The molecule has 3 aromatic rings. The maximum Gasteiger partial charge on any atom is 0.243 e. The van der Waals surface area contributed by atoms with E-state index in [1.165, 1.54) is 6.42 Å². The minimum absolute atomic E-state index is 0.0438. The van der Waals surface area contributed by atoms with E-state index in [1.54, 1.807) is 17.0 Å². The molecule has 0 radical (unpaired) electrons. The van der Waals surface area contributed by atoms with E-state index < -0.39 is 6.04 Å². The normalized spacial score (nSPS) is 14.4. The first-order chi connectivity index (χ1) is 19.0. The second-order valence-electron chi connectivity index (χ2n) is 10.4. The Kier molecular flexibility index (Phi) is 10.8. The number of benzene rings is 3. The molecule has 0 unspecified atom stereocenters. The van der Waals surface area contributed by atoms with Gasteiger partial charge in [-0.3, -0.25) is 9.59 Å². The summed E-state index contributed by atoms with van der Waals surface area (Å²) in [6.07, 6.45) is 6.79. The van der Waals surface area contributed by atoms with Gasteiger partial charge in [-0.1, -0.05) is 85.5 Å². The van der Waals surface area contributed by atoms with Crippen LogP contribution in [0.15, 0.2) is 78.9 Å². The number of ether oxygens (including phenoxy) is 1. The van der Waals surface area contributed by atoms with Crippen LogP contribution in [0.2, 0.25) is 5.02 Å². The molecule has 1 fully saturated rings. The van der Waals surface area contributed by atoms with Crippen molar-refractivity contribution in [1.82, 2.24) is 10.2 Å². The molecule has 0 aliphatic heterocycles. The molecule has 4 rings (SSSR count). The molecule has 39 heavy (non-hydrogen) atoms. The standard InChI is InChI=1S/C33H39ClN2O3/c1-25-11-8-9-14-27(25)24-36(32(37)17-10-22-39-30-20-18-28(34)19-21-30)31(23-26-12-4-2-5-13-26)33(38)35-29-15-6-3-7-16-29/h2,4-5,8-9,11-14,18-21,29,31H,3,6-7,10,15-17,22-24H2,1H3,(H,35,38)/t31-/m1/s1. The van der Waals surface area contributed by atoms with Crippen molar-refractivity contribution in [3.63, 3.8) is 0 Å². The van der Waals surface area contributed by atoms with Crippen LogP contribution in [-0.4, -0.2) is 35.4 Å². The highest BCUT2D eigenvalue weighted by molar-refractivity contribution is 6.30. The smallest absolute Gasteiger partial charge is 0.243 e. The van der Waals surface area contributed by atoms with Gasteiger partial charge in [0.25, 0.3) is 0 Å². The molecule has 1 aliphatic rings. The molecule has 0 bridgehead atoms. The SMILES string of the molecule is Cc1ccccc1CN(C(=O)CCCOc1ccc(Cl)cc1)[C@H](Cc1ccccc1)C(=O)NC1CCCCC1. The summed E-state index contributed by atoms with van der Waals surface area (Å²) in [6.45, 7) is 2.84. The fourth-order valence-electron chi connectivity index (χ4n) is 5.16. The van der Waals surface area contributed by atoms with Gasteiger partial charge in [-0.15, -0.1) is 0 Å². The van der Waals surface area contributed by atoms with Gasteiger partial charge < -0.3 is 15.0 Å². The predicted molar refractivity (Wildman–Crippen MR) is 157 cm³/mol. The van der Waals surface area contributed by atoms with Crippen LogP contribution in [0.5, 0.6) is 5.75 Å². The number of amides is 2. The van der Waals surface area contributed by atoms with Gasteiger partial charge in [-0.2, -0.15) is 0 Å². The van der Waals surface area contributed by atoms with E-state index in [2.05, 4.69) is 5.32 Å². The Balaban J connectivity index is 1.52. The molecule has 6 heteroatoms. The van der Waals surface area contributed by atoms with Gasteiger partial charge in [0.05, 0.1) is 6.61 Å². The Morgan fingerprint density at radius 3 is 2.36 bits per heavy atom. The number of nitrogens with zero attached hydrogens (tertiary/aromatic N) is 1. The van der Waals surface area contributed by atoms with E-state index in [0.717, 1.165) is 48.1 Å². The summed E-state index contributed by atoms with van der Waals surface area (Å²) in [4.78, 5) is 29.4. The van der Waals surface area contributed by atoms with E-state index >= 15 is 0 Å². The molecule has 5 nitrogen and oxygen atoms in total. The fourth-order valence-corrected chi connectivity index (χ4v) is 5.28. The van der Waals surface area contributed by atoms with Crippen molar-refractivity contribution in [1.29, 1.82) is 0 Å². The summed E-state index contributed by atoms with van der Waals surface area (Å²) >= 11 is 5.96. The van der Waals surface area contributed by atoms with Crippen molar-refractivity contribution in [2.75, 3.05) is 6.61 Å². The number of hydrogen-bond acceptors (Lipinski definition) is 3. The largest absolute Gasteiger partial charge is 0.494 e. The Morgan fingerprint density at radius 2 is 1.64 bits per heavy atom. The number of carbonyl (C=O) groups is 2. The van der Waals surface area contributed by atoms with Crippen molar-refractivity contribution in [2.24, 2.45) is 0 Å². The van der Waals surface area contributed by atoms with Gasteiger partial charge in [0.1, 0.15) is 11.8 Å². The van der Waals surface area contributed by atoms with Crippen LogP contribution in [0, 0.1) is 6.92 Å². The van der Waals surface area contributed by atoms with E-state index in [9.17, 15) is 9.59 Å². The molecule has 2 amide bonds. The van der Waals surface area contributed by atoms with Crippen LogP contribution in [-0.2, 0) is 22.6 Å². The number of aryl methyl sites for hydroxylation is 1. The minimum atomic E-state index is -0.599. The number of hydrogen-bond donors (Lipinski definition) is 1. The van der Waals surface area contributed by atoms with Crippen molar-refractivity contribution in [3.8, 4) is 5.75 Å². The van der Waals surface area contributed by atoms with E-state index in [1.807, 2.05) is 73.7 Å². The highest BCUT2D eigenvalue weighted by atomic mass is 35.5. The zero-order valence-corrected chi connectivity index (χ0v) is 23.5. The third-order valence-electron chi connectivity index (χ3n) is 7.44. The zero-order chi connectivity index (χ0) is 27.5. The third-order valence-corrected chi connectivity index (χ3v) is 7.69. The average molecular weight is 547 g/mol. The highest BCUT2D eigenvalue weighted by Crippen LogP contribution is 2.22. The molecule has 1 aliphatic carbocycles. The summed E-state index contributed by atoms with van der Waals surface area (Å²) in [5.41, 5.74) is 3.19. The van der Waals surface area contributed by atoms with Gasteiger partial charge in [-0.25, -0.2) is 0 Å². The number of rotatable bonds is 12. The van der Waals surface area contributed by atoms with Crippen molar-refractivity contribution < 1.29 is 14.3 Å². The molecule has 1 N–H and O–H groups in total. The molecule has 3 aromatic carbocycles. The van der Waals surface area contributed by atoms with Gasteiger partial charge >= 0.3 is 0 Å². The number of nitrogens with one attached hydrogen (secondary N) is 1. The molecular weight excluding hydrogens is 508 g/mol. The molecule has 0 heterocycles. The van der Waals surface area contributed by atoms with Crippen LogP contribution in [0.4, 0.5) is 0 Å². The Labute approximate surface area is 237 Å². The second kappa shape index (κ2) is 14.7. The lowest BCUT2D eigenvalue weighted by Gasteiger charge is -2.34. The minimum Gasteiger partial charge on any atom is -0.494 e. The van der Waals surface area contributed by atoms with Crippen LogP contribution in [0.25, 0.3) is 0 Å². The lowest BCUT2D eigenvalue weighted by molar-refractivity contribution is -0.141. The Morgan fingerprint density at radius 1 is 0.949 bits per heavy atom. The lowest BCUT2D eigenvalue weighted by atomic mass is 9.94. The monoisotopic (exact) mass is 546 g/mol. The van der Waals surface area contributed by atoms with E-state index in [-0.39, 0.29) is 17.9 Å². The molecule has 1 atom stereocenters. The maximum atomic E-state index is 13.8. The van der Waals surface area contributed by atoms with Gasteiger partial charge in [0, 0.05) is 30.5 Å². The zero-order valence-electron chi connectivity index (χ0n) is 22.8. The maximum absolute atomic E-state index is 13.8. The fraction of sp³-hybridized carbons (Fsp3) is 0.394. The quantitative estimate of drug-likeness (QED) is 0.251. The predicted octanol–water partition coefficient (Wildman–Crippen LogP) is 6.90. The first kappa shape index (κ1) is 28.7. The molecular formula is C33H39ClN2O3. The van der Waals surface area contributed by atoms with Crippen molar-refractivity contribution in [2.45, 2.75) is 76.9 Å². The van der Waals surface area contributed by atoms with Gasteiger partial charge in [0.2, 0.25) is 11.8 Å². The van der Waals surface area contributed by atoms with E-state index in [0.29, 0.717) is 37.4 Å². The number of halogens is 1. The lowest BCUT2D eigenvalue weighted by Crippen LogP contribution is -2.52. The highest BCUT2D eigenvalue weighted by Gasteiger charge is 2.32. The Bertz CT molecular complexity index is 1190. The molecule has 0 spiro atoms. The van der Waals surface area contributed by atoms with Crippen LogP contribution in [0.3, 0.4) is 0 Å². The summed E-state index contributed by atoms with van der Waals surface area (Å²) < 4.78 is 5.82. The topological polar surface area (TPSA) is 58.6 Å². The van der Waals surface area contributed by atoms with Gasteiger partial charge in [0.15, 0.2) is 0 Å². The molecule has 206 valence electrons. The van der Waals surface area contributed by atoms with Crippen molar-refractivity contribution in [3.05, 3.63) is 101 Å².